The van der Waals surface area contributed by atoms with Crippen molar-refractivity contribution in [2.45, 2.75) is 12.8 Å². The van der Waals surface area contributed by atoms with Gasteiger partial charge in [-0.2, -0.15) is 8.42 Å². The van der Waals surface area contributed by atoms with Crippen LogP contribution in [0.3, 0.4) is 0 Å². The van der Waals surface area contributed by atoms with E-state index < -0.39 is 39.3 Å². The molecular weight excluding hydrogens is 240 g/mol. The summed E-state index contributed by atoms with van der Waals surface area (Å²) in [6, 6.07) is 0. The van der Waals surface area contributed by atoms with E-state index in [9.17, 15) is 18.0 Å². The van der Waals surface area contributed by atoms with Crippen molar-refractivity contribution >= 4 is 22.1 Å². The highest BCUT2D eigenvalue weighted by Crippen LogP contribution is 2.16. The fourth-order valence-electron chi connectivity index (χ4n) is 1.07. The standard InChI is InChI=1S/C8H12O7S/c1-5(7(9)10)6(8(11)12)3-2-4-16(13,14)15/h6H,1-4H2,(H,9,10)(H,11,12)(H,13,14,15). The Balaban J connectivity index is 4.43. The molecule has 92 valence electrons. The third-order valence-electron chi connectivity index (χ3n) is 1.89. The predicted molar refractivity (Wildman–Crippen MR) is 53.6 cm³/mol. The molecule has 0 rings (SSSR count). The molecule has 3 N–H and O–H groups in total. The first kappa shape index (κ1) is 14.6. The molecule has 0 spiro atoms. The molecule has 8 heteroatoms. The molecule has 0 aromatic heterocycles. The van der Waals surface area contributed by atoms with Gasteiger partial charge in [-0.05, 0) is 12.8 Å². The van der Waals surface area contributed by atoms with Gasteiger partial charge in [0, 0.05) is 5.57 Å². The normalized spacial score (nSPS) is 13.1. The number of rotatable bonds is 7. The van der Waals surface area contributed by atoms with Gasteiger partial charge in [-0.25, -0.2) is 4.79 Å². The van der Waals surface area contributed by atoms with Gasteiger partial charge in [-0.1, -0.05) is 6.58 Å². The molecule has 0 aromatic carbocycles. The average Bonchev–Trinajstić information content (AvgIpc) is 2.08. The summed E-state index contributed by atoms with van der Waals surface area (Å²) in [5.74, 6) is -4.79. The first-order chi connectivity index (χ1) is 7.15. The summed E-state index contributed by atoms with van der Waals surface area (Å²) in [5, 5.41) is 17.2. The molecule has 0 heterocycles. The Hall–Kier alpha value is -1.41. The highest BCUT2D eigenvalue weighted by Gasteiger charge is 2.25. The van der Waals surface area contributed by atoms with E-state index in [2.05, 4.69) is 6.58 Å². The lowest BCUT2D eigenvalue weighted by molar-refractivity contribution is -0.144. The molecule has 0 aliphatic heterocycles. The van der Waals surface area contributed by atoms with Gasteiger partial charge in [-0.15, -0.1) is 0 Å². The molecule has 0 aliphatic rings. The van der Waals surface area contributed by atoms with Gasteiger partial charge in [0.15, 0.2) is 0 Å². The smallest absolute Gasteiger partial charge is 0.331 e. The van der Waals surface area contributed by atoms with Gasteiger partial charge in [0.05, 0.1) is 11.7 Å². The molecule has 0 amide bonds. The third kappa shape index (κ3) is 5.47. The molecule has 0 saturated heterocycles. The van der Waals surface area contributed by atoms with Gasteiger partial charge in [0.2, 0.25) is 0 Å². The van der Waals surface area contributed by atoms with Crippen LogP contribution in [0.15, 0.2) is 12.2 Å². The molecule has 1 unspecified atom stereocenters. The maximum atomic E-state index is 10.7. The van der Waals surface area contributed by atoms with Crippen LogP contribution in [0.1, 0.15) is 12.8 Å². The highest BCUT2D eigenvalue weighted by molar-refractivity contribution is 7.85. The molecule has 0 aromatic rings. The molecule has 0 fully saturated rings. The minimum absolute atomic E-state index is 0.151. The number of carboxylic acids is 2. The first-order valence-corrected chi connectivity index (χ1v) is 5.86. The Morgan fingerprint density at radius 1 is 1.25 bits per heavy atom. The summed E-state index contributed by atoms with van der Waals surface area (Å²) in [6.45, 7) is 3.10. The van der Waals surface area contributed by atoms with Crippen molar-refractivity contribution in [3.05, 3.63) is 12.2 Å². The van der Waals surface area contributed by atoms with Gasteiger partial charge in [-0.3, -0.25) is 9.35 Å². The maximum absolute atomic E-state index is 10.7. The van der Waals surface area contributed by atoms with Crippen LogP contribution < -0.4 is 0 Å². The Morgan fingerprint density at radius 3 is 2.06 bits per heavy atom. The summed E-state index contributed by atoms with van der Waals surface area (Å²) in [5.41, 5.74) is -0.511. The summed E-state index contributed by atoms with van der Waals surface area (Å²) in [4.78, 5) is 21.1. The maximum Gasteiger partial charge on any atom is 0.331 e. The quantitative estimate of drug-likeness (QED) is 0.429. The number of hydrogen-bond donors (Lipinski definition) is 3. The van der Waals surface area contributed by atoms with E-state index in [1.54, 1.807) is 0 Å². The number of carbonyl (C=O) groups is 2. The molecule has 0 saturated carbocycles. The van der Waals surface area contributed by atoms with Crippen molar-refractivity contribution in [2.75, 3.05) is 5.75 Å². The molecule has 0 aliphatic carbocycles. The van der Waals surface area contributed by atoms with Crippen LogP contribution in [-0.4, -0.2) is 40.9 Å². The average molecular weight is 252 g/mol. The summed E-state index contributed by atoms with van der Waals surface area (Å²) in [7, 11) is -4.16. The second-order valence-corrected chi connectivity index (χ2v) is 4.72. The van der Waals surface area contributed by atoms with Crippen LogP contribution in [0.2, 0.25) is 0 Å². The van der Waals surface area contributed by atoms with Crippen LogP contribution in [0.5, 0.6) is 0 Å². The van der Waals surface area contributed by atoms with Gasteiger partial charge < -0.3 is 10.2 Å². The van der Waals surface area contributed by atoms with Crippen LogP contribution in [-0.2, 0) is 19.7 Å². The Bertz CT molecular complexity index is 395. The van der Waals surface area contributed by atoms with Crippen LogP contribution in [0.4, 0.5) is 0 Å². The molecule has 7 nitrogen and oxygen atoms in total. The van der Waals surface area contributed by atoms with Gasteiger partial charge >= 0.3 is 11.9 Å². The predicted octanol–water partition coefficient (Wildman–Crippen LogP) is -0.00400. The Labute approximate surface area is 92.1 Å². The van der Waals surface area contributed by atoms with Crippen molar-refractivity contribution in [1.29, 1.82) is 0 Å². The first-order valence-electron chi connectivity index (χ1n) is 4.25. The largest absolute Gasteiger partial charge is 0.481 e. The number of hydrogen-bond acceptors (Lipinski definition) is 4. The molecule has 16 heavy (non-hydrogen) atoms. The lowest BCUT2D eigenvalue weighted by Gasteiger charge is -2.11. The Kier molecular flexibility index (Phi) is 5.12. The zero-order chi connectivity index (χ0) is 12.9. The third-order valence-corrected chi connectivity index (χ3v) is 2.69. The van der Waals surface area contributed by atoms with E-state index in [0.717, 1.165) is 0 Å². The zero-order valence-electron chi connectivity index (χ0n) is 8.29. The minimum Gasteiger partial charge on any atom is -0.481 e. The lowest BCUT2D eigenvalue weighted by atomic mass is 9.96. The van der Waals surface area contributed by atoms with Crippen molar-refractivity contribution in [3.63, 3.8) is 0 Å². The fourth-order valence-corrected chi connectivity index (χ4v) is 1.60. The zero-order valence-corrected chi connectivity index (χ0v) is 9.11. The van der Waals surface area contributed by atoms with Crippen molar-refractivity contribution < 1.29 is 32.8 Å². The number of aliphatic carboxylic acids is 2. The van der Waals surface area contributed by atoms with E-state index in [0.29, 0.717) is 0 Å². The molecular formula is C8H12O7S. The molecule has 0 radical (unpaired) electrons. The fraction of sp³-hybridized carbons (Fsp3) is 0.500. The van der Waals surface area contributed by atoms with Crippen molar-refractivity contribution in [3.8, 4) is 0 Å². The summed E-state index contributed by atoms with van der Waals surface area (Å²) in [6.07, 6.45) is -0.359. The van der Waals surface area contributed by atoms with Crippen molar-refractivity contribution in [1.82, 2.24) is 0 Å². The van der Waals surface area contributed by atoms with Crippen LogP contribution >= 0.6 is 0 Å². The molecule has 1 atom stereocenters. The van der Waals surface area contributed by atoms with E-state index in [1.165, 1.54) is 0 Å². The van der Waals surface area contributed by atoms with Gasteiger partial charge in [0.1, 0.15) is 0 Å². The van der Waals surface area contributed by atoms with E-state index in [1.807, 2.05) is 0 Å². The van der Waals surface area contributed by atoms with Gasteiger partial charge in [0.25, 0.3) is 10.1 Å². The van der Waals surface area contributed by atoms with E-state index in [-0.39, 0.29) is 12.8 Å². The van der Waals surface area contributed by atoms with E-state index in [4.69, 9.17) is 14.8 Å². The van der Waals surface area contributed by atoms with Crippen LogP contribution in [0, 0.1) is 5.92 Å². The highest BCUT2D eigenvalue weighted by atomic mass is 32.2. The van der Waals surface area contributed by atoms with Crippen LogP contribution in [0.25, 0.3) is 0 Å². The Morgan fingerprint density at radius 2 is 1.75 bits per heavy atom. The topological polar surface area (TPSA) is 129 Å². The molecule has 0 bridgehead atoms. The minimum atomic E-state index is -4.16. The number of carboxylic acid groups (broad SMARTS) is 2. The monoisotopic (exact) mass is 252 g/mol. The van der Waals surface area contributed by atoms with E-state index >= 15 is 0 Å². The van der Waals surface area contributed by atoms with Crippen molar-refractivity contribution in [2.24, 2.45) is 5.92 Å². The summed E-state index contributed by atoms with van der Waals surface area (Å²) >= 11 is 0. The summed E-state index contributed by atoms with van der Waals surface area (Å²) < 4.78 is 29.1. The lowest BCUT2D eigenvalue weighted by Crippen LogP contribution is -2.21. The SMILES string of the molecule is C=C(C(=O)O)C(CCCS(=O)(=O)O)C(=O)O. The second-order valence-electron chi connectivity index (χ2n) is 3.15. The second kappa shape index (κ2) is 5.61.